The lowest BCUT2D eigenvalue weighted by Crippen LogP contribution is -2.41. The number of thiophene rings is 1. The summed E-state index contributed by atoms with van der Waals surface area (Å²) in [4.78, 5) is 19.4. The van der Waals surface area contributed by atoms with Crippen molar-refractivity contribution in [1.29, 1.82) is 0 Å². The Hall–Kier alpha value is -2.05. The minimum Gasteiger partial charge on any atom is -0.279 e. The zero-order valence-electron chi connectivity index (χ0n) is 16.6. The Bertz CT molecular complexity index is 943. The third kappa shape index (κ3) is 3.76. The number of carbonyl (C=O) groups excluding carboxylic acids is 1. The summed E-state index contributed by atoms with van der Waals surface area (Å²) in [6.07, 6.45) is 3.08. The van der Waals surface area contributed by atoms with Gasteiger partial charge in [-0.05, 0) is 53.5 Å². The third-order valence-corrected chi connectivity index (χ3v) is 7.10. The fourth-order valence-electron chi connectivity index (χ4n) is 3.42. The summed E-state index contributed by atoms with van der Waals surface area (Å²) in [5.41, 5.74) is 6.80. The van der Waals surface area contributed by atoms with Crippen LogP contribution in [0.15, 0.2) is 45.6 Å². The maximum absolute atomic E-state index is 12.8. The molecule has 2 unspecified atom stereocenters. The zero-order valence-corrected chi connectivity index (χ0v) is 18.2. The van der Waals surface area contributed by atoms with Crippen LogP contribution in [0.5, 0.6) is 0 Å². The Labute approximate surface area is 174 Å². The number of hydrazine groups is 1. The van der Waals surface area contributed by atoms with E-state index in [2.05, 4.69) is 68.8 Å². The molecule has 1 saturated heterocycles. The van der Waals surface area contributed by atoms with E-state index in [9.17, 15) is 4.79 Å². The average Bonchev–Trinajstić information content (AvgIpc) is 3.33. The molecular formula is C22H25N3OS2. The van der Waals surface area contributed by atoms with Crippen LogP contribution in [-0.4, -0.2) is 22.2 Å². The molecule has 1 amide bonds. The molecule has 4 nitrogen and oxygen atoms in total. The van der Waals surface area contributed by atoms with Gasteiger partial charge >= 0.3 is 0 Å². The van der Waals surface area contributed by atoms with Crippen molar-refractivity contribution in [3.05, 3.63) is 62.2 Å². The maximum atomic E-state index is 12.8. The number of nitrogens with one attached hydrogen (secondary N) is 1. The highest BCUT2D eigenvalue weighted by Gasteiger charge is 2.42. The highest BCUT2D eigenvalue weighted by Crippen LogP contribution is 2.39. The van der Waals surface area contributed by atoms with Crippen LogP contribution in [0.2, 0.25) is 0 Å². The average molecular weight is 412 g/mol. The summed E-state index contributed by atoms with van der Waals surface area (Å²) in [5, 5.41) is 3.70. The molecule has 0 saturated carbocycles. The fraction of sp³-hybridized carbons (Fsp3) is 0.364. The molecule has 0 bridgehead atoms. The Balaban J connectivity index is 1.48. The topological polar surface area (TPSA) is 44.7 Å². The quantitative estimate of drug-likeness (QED) is 0.690. The predicted octanol–water partition coefficient (Wildman–Crippen LogP) is 5.18. The van der Waals surface area contributed by atoms with Crippen molar-refractivity contribution >= 4 is 40.9 Å². The normalized spacial score (nSPS) is 21.2. The van der Waals surface area contributed by atoms with Gasteiger partial charge in [0.05, 0.1) is 4.91 Å². The van der Waals surface area contributed by atoms with E-state index in [1.165, 1.54) is 28.5 Å². The van der Waals surface area contributed by atoms with Gasteiger partial charge < -0.3 is 0 Å². The van der Waals surface area contributed by atoms with Crippen LogP contribution >= 0.6 is 23.1 Å². The molecule has 0 radical (unpaired) electrons. The monoisotopic (exact) mass is 411 g/mol. The molecule has 4 rings (SSSR count). The van der Waals surface area contributed by atoms with Crippen molar-refractivity contribution in [3.63, 3.8) is 0 Å². The third-order valence-electron chi connectivity index (χ3n) is 5.07. The predicted molar refractivity (Wildman–Crippen MR) is 119 cm³/mol. The van der Waals surface area contributed by atoms with Crippen molar-refractivity contribution in [2.24, 2.45) is 10.9 Å². The van der Waals surface area contributed by atoms with Crippen molar-refractivity contribution in [3.8, 4) is 0 Å². The minimum absolute atomic E-state index is 0.000955. The molecule has 1 N–H and O–H groups in total. The zero-order chi connectivity index (χ0) is 19.8. The first-order chi connectivity index (χ1) is 13.4. The molecule has 3 heterocycles. The SMILES string of the molecule is Cc1ccsc1/C=C1/SC2N=C(C(C)c3ccc(CC(C)C)cc3)NN2C1=O. The van der Waals surface area contributed by atoms with Crippen molar-refractivity contribution in [2.45, 2.75) is 45.5 Å². The van der Waals surface area contributed by atoms with Crippen LogP contribution in [0.4, 0.5) is 0 Å². The maximum Gasteiger partial charge on any atom is 0.281 e. The number of amides is 1. The molecule has 146 valence electrons. The molecule has 0 spiro atoms. The standard InChI is InChI=1S/C22H25N3OS2/c1-13(2)11-16-5-7-17(8-6-16)15(4)20-23-22-25(24-20)21(26)19(28-22)12-18-14(3)9-10-27-18/h5-10,12-13,15,22H,11H2,1-4H3,(H,23,24)/b19-12+. The number of carbonyl (C=O) groups is 1. The lowest BCUT2D eigenvalue weighted by molar-refractivity contribution is -0.127. The molecular weight excluding hydrogens is 386 g/mol. The van der Waals surface area contributed by atoms with E-state index in [0.29, 0.717) is 5.92 Å². The van der Waals surface area contributed by atoms with Crippen LogP contribution in [0.25, 0.3) is 6.08 Å². The summed E-state index contributed by atoms with van der Waals surface area (Å²) >= 11 is 3.17. The van der Waals surface area contributed by atoms with Gasteiger partial charge in [0.1, 0.15) is 5.84 Å². The second-order valence-corrected chi connectivity index (χ2v) is 9.83. The lowest BCUT2D eigenvalue weighted by Gasteiger charge is -2.17. The molecule has 2 atom stereocenters. The Morgan fingerprint density at radius 3 is 2.57 bits per heavy atom. The van der Waals surface area contributed by atoms with E-state index < -0.39 is 0 Å². The smallest absolute Gasteiger partial charge is 0.279 e. The molecule has 28 heavy (non-hydrogen) atoms. The fourth-order valence-corrected chi connectivity index (χ4v) is 5.39. The van der Waals surface area contributed by atoms with Crippen LogP contribution in [0, 0.1) is 12.8 Å². The van der Waals surface area contributed by atoms with Gasteiger partial charge in [0.15, 0.2) is 5.50 Å². The van der Waals surface area contributed by atoms with Gasteiger partial charge in [-0.2, -0.15) is 0 Å². The first-order valence-corrected chi connectivity index (χ1v) is 11.4. The second kappa shape index (κ2) is 7.76. The highest BCUT2D eigenvalue weighted by molar-refractivity contribution is 8.05. The van der Waals surface area contributed by atoms with Gasteiger partial charge in [-0.1, -0.05) is 56.8 Å². The Morgan fingerprint density at radius 1 is 1.21 bits per heavy atom. The van der Waals surface area contributed by atoms with Crippen molar-refractivity contribution in [2.75, 3.05) is 0 Å². The van der Waals surface area contributed by atoms with E-state index in [1.807, 2.05) is 6.08 Å². The number of rotatable bonds is 5. The largest absolute Gasteiger partial charge is 0.281 e. The van der Waals surface area contributed by atoms with Gasteiger partial charge in [0.2, 0.25) is 0 Å². The van der Waals surface area contributed by atoms with E-state index >= 15 is 0 Å². The Morgan fingerprint density at radius 2 is 1.96 bits per heavy atom. The summed E-state index contributed by atoms with van der Waals surface area (Å²) in [5.74, 6) is 1.63. The molecule has 1 aromatic heterocycles. The van der Waals surface area contributed by atoms with Crippen LogP contribution in [0.3, 0.4) is 0 Å². The van der Waals surface area contributed by atoms with Gasteiger partial charge in [-0.25, -0.2) is 10.0 Å². The van der Waals surface area contributed by atoms with Gasteiger partial charge in [-0.15, -0.1) is 11.3 Å². The summed E-state index contributed by atoms with van der Waals surface area (Å²) in [7, 11) is 0. The van der Waals surface area contributed by atoms with Gasteiger partial charge in [-0.3, -0.25) is 10.2 Å². The molecule has 2 aliphatic rings. The van der Waals surface area contributed by atoms with E-state index in [-0.39, 0.29) is 17.3 Å². The van der Waals surface area contributed by atoms with Gasteiger partial charge in [0.25, 0.3) is 5.91 Å². The number of amidine groups is 1. The summed E-state index contributed by atoms with van der Waals surface area (Å²) in [6, 6.07) is 10.8. The molecule has 2 aliphatic heterocycles. The highest BCUT2D eigenvalue weighted by atomic mass is 32.2. The number of fused-ring (bicyclic) bond motifs is 1. The van der Waals surface area contributed by atoms with E-state index in [1.54, 1.807) is 16.3 Å². The molecule has 1 aromatic carbocycles. The van der Waals surface area contributed by atoms with Crippen LogP contribution in [0.1, 0.15) is 48.3 Å². The number of hydrogen-bond acceptors (Lipinski definition) is 5. The molecule has 6 heteroatoms. The first-order valence-electron chi connectivity index (χ1n) is 9.61. The summed E-state index contributed by atoms with van der Waals surface area (Å²) < 4.78 is 0. The van der Waals surface area contributed by atoms with E-state index in [4.69, 9.17) is 4.99 Å². The summed E-state index contributed by atoms with van der Waals surface area (Å²) in [6.45, 7) is 8.67. The van der Waals surface area contributed by atoms with Crippen LogP contribution < -0.4 is 5.43 Å². The van der Waals surface area contributed by atoms with Crippen molar-refractivity contribution in [1.82, 2.24) is 10.4 Å². The van der Waals surface area contributed by atoms with Gasteiger partial charge in [0, 0.05) is 10.8 Å². The first kappa shape index (κ1) is 19.3. The number of nitrogens with zero attached hydrogens (tertiary/aromatic N) is 2. The molecule has 2 aromatic rings. The number of hydrogen-bond donors (Lipinski definition) is 1. The number of benzene rings is 1. The Kier molecular flexibility index (Phi) is 5.34. The lowest BCUT2D eigenvalue weighted by atomic mass is 9.96. The van der Waals surface area contributed by atoms with E-state index in [0.717, 1.165) is 22.0 Å². The molecule has 0 aliphatic carbocycles. The number of aryl methyl sites for hydroxylation is 1. The number of aliphatic imine (C=N–C) groups is 1. The number of thioether (sulfide) groups is 1. The van der Waals surface area contributed by atoms with Crippen LogP contribution in [-0.2, 0) is 11.2 Å². The second-order valence-electron chi connectivity index (χ2n) is 7.78. The molecule has 1 fully saturated rings. The minimum atomic E-state index is -0.211. The van der Waals surface area contributed by atoms with Crippen molar-refractivity contribution < 1.29 is 4.79 Å².